The summed E-state index contributed by atoms with van der Waals surface area (Å²) in [6.07, 6.45) is 1.52. The van der Waals surface area contributed by atoms with Crippen LogP contribution in [0.25, 0.3) is 0 Å². The Kier molecular flexibility index (Phi) is 1.87. The summed E-state index contributed by atoms with van der Waals surface area (Å²) in [6, 6.07) is 0. The zero-order valence-corrected chi connectivity index (χ0v) is 6.95. The fourth-order valence-electron chi connectivity index (χ4n) is 1.11. The third-order valence-corrected chi connectivity index (χ3v) is 2.24. The molecular weight excluding hydrogens is 144 g/mol. The normalized spacial score (nSPS) is 47.5. The van der Waals surface area contributed by atoms with Crippen molar-refractivity contribution < 1.29 is 14.2 Å². The smallest absolute Gasteiger partial charge is 0.107 e. The van der Waals surface area contributed by atoms with Crippen LogP contribution in [0.15, 0.2) is 0 Å². The Bertz CT molecular complexity index is 132. The number of epoxide rings is 2. The SMILES string of the molecule is CC1OC1COCC1OC1C. The van der Waals surface area contributed by atoms with Crippen molar-refractivity contribution in [1.29, 1.82) is 0 Å². The molecular formula is C8H14O3. The highest BCUT2D eigenvalue weighted by molar-refractivity contribution is 4.82. The van der Waals surface area contributed by atoms with E-state index in [1.807, 2.05) is 0 Å². The van der Waals surface area contributed by atoms with Crippen LogP contribution in [-0.4, -0.2) is 37.6 Å². The quantitative estimate of drug-likeness (QED) is 0.561. The largest absolute Gasteiger partial charge is 0.376 e. The lowest BCUT2D eigenvalue weighted by molar-refractivity contribution is 0.102. The van der Waals surface area contributed by atoms with Gasteiger partial charge in [-0.1, -0.05) is 0 Å². The molecule has 2 aliphatic heterocycles. The van der Waals surface area contributed by atoms with Gasteiger partial charge in [0, 0.05) is 0 Å². The first-order valence-electron chi connectivity index (χ1n) is 4.16. The van der Waals surface area contributed by atoms with Crippen LogP contribution < -0.4 is 0 Å². The Morgan fingerprint density at radius 1 is 1.00 bits per heavy atom. The molecule has 3 heteroatoms. The van der Waals surface area contributed by atoms with Crippen LogP contribution in [0, 0.1) is 0 Å². The Morgan fingerprint density at radius 2 is 1.36 bits per heavy atom. The standard InChI is InChI=1S/C8H14O3/c1-5-7(10-5)3-9-4-8-6(2)11-8/h5-8H,3-4H2,1-2H3. The first-order chi connectivity index (χ1) is 5.27. The summed E-state index contributed by atoms with van der Waals surface area (Å²) in [7, 11) is 0. The van der Waals surface area contributed by atoms with E-state index in [-0.39, 0.29) is 0 Å². The summed E-state index contributed by atoms with van der Waals surface area (Å²) >= 11 is 0. The van der Waals surface area contributed by atoms with Crippen LogP contribution in [0.1, 0.15) is 13.8 Å². The summed E-state index contributed by atoms with van der Waals surface area (Å²) in [5.41, 5.74) is 0. The van der Waals surface area contributed by atoms with Crippen LogP contribution in [0.4, 0.5) is 0 Å². The van der Waals surface area contributed by atoms with E-state index in [0.717, 1.165) is 13.2 Å². The highest BCUT2D eigenvalue weighted by Crippen LogP contribution is 2.24. The van der Waals surface area contributed by atoms with Crippen molar-refractivity contribution in [2.24, 2.45) is 0 Å². The number of rotatable bonds is 4. The second-order valence-electron chi connectivity index (χ2n) is 3.30. The second-order valence-corrected chi connectivity index (χ2v) is 3.30. The van der Waals surface area contributed by atoms with E-state index in [0.29, 0.717) is 24.4 Å². The Balaban J connectivity index is 1.48. The molecule has 0 saturated carbocycles. The van der Waals surface area contributed by atoms with Gasteiger partial charge in [-0.25, -0.2) is 0 Å². The molecule has 2 aliphatic rings. The number of hydrogen-bond donors (Lipinski definition) is 0. The molecule has 0 bridgehead atoms. The zero-order chi connectivity index (χ0) is 7.84. The van der Waals surface area contributed by atoms with Crippen LogP contribution >= 0.6 is 0 Å². The summed E-state index contributed by atoms with van der Waals surface area (Å²) in [5.74, 6) is 0. The predicted molar refractivity (Wildman–Crippen MR) is 39.5 cm³/mol. The minimum atomic E-state index is 0.351. The molecule has 0 aromatic heterocycles. The maximum Gasteiger partial charge on any atom is 0.107 e. The van der Waals surface area contributed by atoms with E-state index < -0.39 is 0 Å². The van der Waals surface area contributed by atoms with Gasteiger partial charge in [0.25, 0.3) is 0 Å². The molecule has 2 saturated heterocycles. The molecule has 3 nitrogen and oxygen atoms in total. The highest BCUT2D eigenvalue weighted by Gasteiger charge is 2.37. The van der Waals surface area contributed by atoms with Crippen molar-refractivity contribution in [3.63, 3.8) is 0 Å². The zero-order valence-electron chi connectivity index (χ0n) is 6.95. The highest BCUT2D eigenvalue weighted by atomic mass is 16.6. The van der Waals surface area contributed by atoms with Gasteiger partial charge in [0.2, 0.25) is 0 Å². The molecule has 0 aliphatic carbocycles. The Morgan fingerprint density at radius 3 is 1.64 bits per heavy atom. The van der Waals surface area contributed by atoms with Crippen molar-refractivity contribution in [2.45, 2.75) is 38.3 Å². The topological polar surface area (TPSA) is 34.3 Å². The van der Waals surface area contributed by atoms with E-state index in [1.165, 1.54) is 0 Å². The molecule has 4 unspecified atom stereocenters. The van der Waals surface area contributed by atoms with Crippen LogP contribution in [0.2, 0.25) is 0 Å². The van der Waals surface area contributed by atoms with Gasteiger partial charge in [0.15, 0.2) is 0 Å². The summed E-state index contributed by atoms with van der Waals surface area (Å²) < 4.78 is 15.7. The van der Waals surface area contributed by atoms with Gasteiger partial charge < -0.3 is 14.2 Å². The molecule has 4 atom stereocenters. The molecule has 0 N–H and O–H groups in total. The van der Waals surface area contributed by atoms with Crippen LogP contribution in [0.5, 0.6) is 0 Å². The van der Waals surface area contributed by atoms with Gasteiger partial charge in [-0.3, -0.25) is 0 Å². The minimum absolute atomic E-state index is 0.351. The van der Waals surface area contributed by atoms with Crippen molar-refractivity contribution in [2.75, 3.05) is 13.2 Å². The van der Waals surface area contributed by atoms with E-state index >= 15 is 0 Å². The van der Waals surface area contributed by atoms with Gasteiger partial charge in [-0.05, 0) is 13.8 Å². The average Bonchev–Trinajstić information content (AvgIpc) is 2.79. The fourth-order valence-corrected chi connectivity index (χ4v) is 1.11. The minimum Gasteiger partial charge on any atom is -0.376 e. The Hall–Kier alpha value is -0.120. The van der Waals surface area contributed by atoms with Crippen molar-refractivity contribution in [3.8, 4) is 0 Å². The first kappa shape index (κ1) is 7.53. The summed E-state index contributed by atoms with van der Waals surface area (Å²) in [5, 5.41) is 0. The molecule has 0 aromatic rings. The maximum absolute atomic E-state index is 5.37. The van der Waals surface area contributed by atoms with Crippen molar-refractivity contribution in [3.05, 3.63) is 0 Å². The third-order valence-electron chi connectivity index (χ3n) is 2.24. The van der Waals surface area contributed by atoms with Gasteiger partial charge in [-0.15, -0.1) is 0 Å². The van der Waals surface area contributed by atoms with Crippen LogP contribution in [-0.2, 0) is 14.2 Å². The second kappa shape index (κ2) is 2.73. The molecule has 0 amide bonds. The lowest BCUT2D eigenvalue weighted by atomic mass is 10.3. The fraction of sp³-hybridized carbons (Fsp3) is 1.00. The molecule has 2 fully saturated rings. The molecule has 0 spiro atoms. The Labute approximate surface area is 66.6 Å². The van der Waals surface area contributed by atoms with Gasteiger partial charge in [0.05, 0.1) is 25.4 Å². The molecule has 0 radical (unpaired) electrons. The number of ether oxygens (including phenoxy) is 3. The summed E-state index contributed by atoms with van der Waals surface area (Å²) in [4.78, 5) is 0. The average molecular weight is 158 g/mol. The van der Waals surface area contributed by atoms with E-state index in [1.54, 1.807) is 0 Å². The lowest BCUT2D eigenvalue weighted by Gasteiger charge is -1.96. The van der Waals surface area contributed by atoms with Gasteiger partial charge in [-0.2, -0.15) is 0 Å². The van der Waals surface area contributed by atoms with E-state index in [9.17, 15) is 0 Å². The number of hydrogen-bond acceptors (Lipinski definition) is 3. The third kappa shape index (κ3) is 1.92. The first-order valence-corrected chi connectivity index (χ1v) is 4.16. The van der Waals surface area contributed by atoms with Gasteiger partial charge >= 0.3 is 0 Å². The maximum atomic E-state index is 5.37. The molecule has 11 heavy (non-hydrogen) atoms. The lowest BCUT2D eigenvalue weighted by Crippen LogP contribution is -2.09. The van der Waals surface area contributed by atoms with Crippen molar-refractivity contribution in [1.82, 2.24) is 0 Å². The predicted octanol–water partition coefficient (Wildman–Crippen LogP) is 0.578. The van der Waals surface area contributed by atoms with Crippen LogP contribution in [0.3, 0.4) is 0 Å². The van der Waals surface area contributed by atoms with Crippen molar-refractivity contribution >= 4 is 0 Å². The molecule has 2 rings (SSSR count). The molecule has 2 heterocycles. The van der Waals surface area contributed by atoms with E-state index in [4.69, 9.17) is 14.2 Å². The van der Waals surface area contributed by atoms with Gasteiger partial charge in [0.1, 0.15) is 12.2 Å². The molecule has 0 aromatic carbocycles. The monoisotopic (exact) mass is 158 g/mol. The summed E-state index contributed by atoms with van der Waals surface area (Å²) in [6.45, 7) is 5.58. The van der Waals surface area contributed by atoms with E-state index in [2.05, 4.69) is 13.8 Å². The molecule has 64 valence electrons.